The van der Waals surface area contributed by atoms with Gasteiger partial charge in [0.1, 0.15) is 5.69 Å². The summed E-state index contributed by atoms with van der Waals surface area (Å²) in [5.74, 6) is 6.76. The third-order valence-corrected chi connectivity index (χ3v) is 2.19. The van der Waals surface area contributed by atoms with Crippen molar-refractivity contribution in [1.82, 2.24) is 4.98 Å². The van der Waals surface area contributed by atoms with Crippen LogP contribution in [-0.4, -0.2) is 23.0 Å². The van der Waals surface area contributed by atoms with E-state index in [9.17, 15) is 4.79 Å². The van der Waals surface area contributed by atoms with E-state index in [2.05, 4.69) is 16.8 Å². The number of nitrogens with zero attached hydrogens (tertiary/aromatic N) is 1. The molecule has 0 bridgehead atoms. The fourth-order valence-electron chi connectivity index (χ4n) is 0.862. The van der Waals surface area contributed by atoms with Gasteiger partial charge >= 0.3 is 0 Å². The summed E-state index contributed by atoms with van der Waals surface area (Å²) in [7, 11) is 1.56. The van der Waals surface area contributed by atoms with Crippen molar-refractivity contribution in [1.29, 1.82) is 0 Å². The summed E-state index contributed by atoms with van der Waals surface area (Å²) in [5.41, 5.74) is 0.651. The Bertz CT molecular complexity index is 407. The Labute approximate surface area is 93.2 Å². The van der Waals surface area contributed by atoms with Gasteiger partial charge in [-0.05, 0) is 12.0 Å². The van der Waals surface area contributed by atoms with E-state index < -0.39 is 0 Å². The van der Waals surface area contributed by atoms with E-state index in [0.717, 1.165) is 0 Å². The molecule has 0 unspecified atom stereocenters. The number of thioether (sulfide) groups is 1. The average Bonchev–Trinajstić information content (AvgIpc) is 2.24. The van der Waals surface area contributed by atoms with E-state index in [1.165, 1.54) is 18.7 Å². The first-order valence-electron chi connectivity index (χ1n) is 4.35. The second-order valence-electron chi connectivity index (χ2n) is 2.65. The van der Waals surface area contributed by atoms with Crippen molar-refractivity contribution in [3.05, 3.63) is 23.9 Å². The van der Waals surface area contributed by atoms with Crippen molar-refractivity contribution < 1.29 is 9.53 Å². The zero-order valence-electron chi connectivity index (χ0n) is 8.61. The van der Waals surface area contributed by atoms with Crippen LogP contribution in [0.3, 0.4) is 0 Å². The summed E-state index contributed by atoms with van der Waals surface area (Å²) >= 11 is 1.19. The van der Waals surface area contributed by atoms with Gasteiger partial charge in [0.25, 0.3) is 0 Å². The third-order valence-electron chi connectivity index (χ3n) is 1.50. The molecule has 0 saturated carbocycles. The first-order valence-corrected chi connectivity index (χ1v) is 5.34. The summed E-state index contributed by atoms with van der Waals surface area (Å²) < 4.78 is 4.96. The average molecular weight is 221 g/mol. The second-order valence-corrected chi connectivity index (χ2v) is 3.80. The molecule has 1 rings (SSSR count). The monoisotopic (exact) mass is 221 g/mol. The van der Waals surface area contributed by atoms with Gasteiger partial charge in [0.05, 0.1) is 12.9 Å². The molecule has 0 amide bonds. The lowest BCUT2D eigenvalue weighted by Crippen LogP contribution is -1.89. The summed E-state index contributed by atoms with van der Waals surface area (Å²) in [6.07, 6.45) is 0. The Morgan fingerprint density at radius 2 is 2.40 bits per heavy atom. The molecule has 0 aliphatic heterocycles. The van der Waals surface area contributed by atoms with E-state index in [1.807, 2.05) is 6.07 Å². The fourth-order valence-corrected chi connectivity index (χ4v) is 1.21. The number of pyridine rings is 1. The van der Waals surface area contributed by atoms with E-state index in [-0.39, 0.29) is 5.12 Å². The lowest BCUT2D eigenvalue weighted by atomic mass is 10.3. The largest absolute Gasteiger partial charge is 0.481 e. The van der Waals surface area contributed by atoms with Crippen LogP contribution in [-0.2, 0) is 4.79 Å². The molecule has 0 N–H and O–H groups in total. The van der Waals surface area contributed by atoms with Gasteiger partial charge in [-0.1, -0.05) is 23.7 Å². The van der Waals surface area contributed by atoms with Crippen LogP contribution in [0.25, 0.3) is 0 Å². The van der Waals surface area contributed by atoms with E-state index >= 15 is 0 Å². The molecule has 1 aromatic rings. The molecule has 0 radical (unpaired) electrons. The van der Waals surface area contributed by atoms with E-state index in [4.69, 9.17) is 4.74 Å². The van der Waals surface area contributed by atoms with Crippen molar-refractivity contribution in [2.75, 3.05) is 12.9 Å². The second kappa shape index (κ2) is 6.10. The number of hydrogen-bond donors (Lipinski definition) is 0. The molecule has 0 aliphatic rings. The molecular formula is C11H11NO2S. The molecule has 0 aliphatic carbocycles. The van der Waals surface area contributed by atoms with Crippen LogP contribution in [0.4, 0.5) is 0 Å². The summed E-state index contributed by atoms with van der Waals surface area (Å²) in [6, 6.07) is 5.39. The van der Waals surface area contributed by atoms with Gasteiger partial charge in [-0.15, -0.1) is 0 Å². The molecule has 0 saturated heterocycles. The van der Waals surface area contributed by atoms with Crippen molar-refractivity contribution in [2.45, 2.75) is 6.92 Å². The quantitative estimate of drug-likeness (QED) is 0.713. The maximum atomic E-state index is 10.6. The lowest BCUT2D eigenvalue weighted by molar-refractivity contribution is -0.109. The van der Waals surface area contributed by atoms with Crippen molar-refractivity contribution >= 4 is 16.9 Å². The topological polar surface area (TPSA) is 39.2 Å². The van der Waals surface area contributed by atoms with E-state index in [0.29, 0.717) is 17.3 Å². The van der Waals surface area contributed by atoms with Crippen LogP contribution in [0.2, 0.25) is 0 Å². The molecular weight excluding hydrogens is 210 g/mol. The van der Waals surface area contributed by atoms with Crippen LogP contribution in [0.15, 0.2) is 18.2 Å². The van der Waals surface area contributed by atoms with Gasteiger partial charge in [0, 0.05) is 13.0 Å². The smallest absolute Gasteiger partial charge is 0.214 e. The van der Waals surface area contributed by atoms with Crippen molar-refractivity contribution in [3.63, 3.8) is 0 Å². The zero-order chi connectivity index (χ0) is 11.1. The van der Waals surface area contributed by atoms with Gasteiger partial charge in [-0.25, -0.2) is 4.98 Å². The molecule has 1 aromatic heterocycles. The van der Waals surface area contributed by atoms with Crippen molar-refractivity contribution in [3.8, 4) is 17.7 Å². The molecule has 0 aromatic carbocycles. The maximum Gasteiger partial charge on any atom is 0.214 e. The SMILES string of the molecule is COc1cccc(C#CCSC(C)=O)n1. The highest BCUT2D eigenvalue weighted by Crippen LogP contribution is 2.05. The van der Waals surface area contributed by atoms with Crippen molar-refractivity contribution in [2.24, 2.45) is 0 Å². The van der Waals surface area contributed by atoms with Crippen LogP contribution in [0, 0.1) is 11.8 Å². The Morgan fingerprint density at radius 3 is 3.07 bits per heavy atom. The maximum absolute atomic E-state index is 10.6. The highest BCUT2D eigenvalue weighted by Gasteiger charge is 1.93. The molecule has 1 heterocycles. The molecule has 4 heteroatoms. The molecule has 0 atom stereocenters. The van der Waals surface area contributed by atoms with Gasteiger partial charge in [-0.2, -0.15) is 0 Å². The Hall–Kier alpha value is -1.47. The molecule has 0 fully saturated rings. The minimum atomic E-state index is 0.0721. The normalized spacial score (nSPS) is 8.93. The van der Waals surface area contributed by atoms with Crippen LogP contribution >= 0.6 is 11.8 Å². The Kier molecular flexibility index (Phi) is 4.72. The number of aromatic nitrogens is 1. The van der Waals surface area contributed by atoms with E-state index in [1.54, 1.807) is 19.2 Å². The molecule has 15 heavy (non-hydrogen) atoms. The highest BCUT2D eigenvalue weighted by atomic mass is 32.2. The van der Waals surface area contributed by atoms with Gasteiger partial charge in [0.2, 0.25) is 5.88 Å². The zero-order valence-corrected chi connectivity index (χ0v) is 9.43. The minimum Gasteiger partial charge on any atom is -0.481 e. The summed E-state index contributed by atoms with van der Waals surface area (Å²) in [4.78, 5) is 14.7. The van der Waals surface area contributed by atoms with Crippen LogP contribution in [0.1, 0.15) is 12.6 Å². The Balaban J connectivity index is 2.59. The third kappa shape index (κ3) is 4.52. The number of carbonyl (C=O) groups excluding carboxylic acids is 1. The predicted molar refractivity (Wildman–Crippen MR) is 60.8 cm³/mol. The van der Waals surface area contributed by atoms with Gasteiger partial charge < -0.3 is 4.74 Å². The number of methoxy groups -OCH3 is 1. The fraction of sp³-hybridized carbons (Fsp3) is 0.273. The highest BCUT2D eigenvalue weighted by molar-refractivity contribution is 8.13. The van der Waals surface area contributed by atoms with Crippen LogP contribution in [0.5, 0.6) is 5.88 Å². The predicted octanol–water partition coefficient (Wildman–Crippen LogP) is 1.72. The first-order chi connectivity index (χ1) is 7.22. The molecule has 78 valence electrons. The van der Waals surface area contributed by atoms with Gasteiger partial charge in [0.15, 0.2) is 5.12 Å². The Morgan fingerprint density at radius 1 is 1.60 bits per heavy atom. The standard InChI is InChI=1S/C11H11NO2S/c1-9(13)15-8-4-6-10-5-3-7-11(12-10)14-2/h3,5,7H,8H2,1-2H3. The lowest BCUT2D eigenvalue weighted by Gasteiger charge is -1.96. The number of ether oxygens (including phenoxy) is 1. The summed E-state index contributed by atoms with van der Waals surface area (Å²) in [5, 5.41) is 0.0721. The molecule has 3 nitrogen and oxygen atoms in total. The minimum absolute atomic E-state index is 0.0721. The van der Waals surface area contributed by atoms with Gasteiger partial charge in [-0.3, -0.25) is 4.79 Å². The summed E-state index contributed by atoms with van der Waals surface area (Å²) in [6.45, 7) is 1.52. The number of carbonyl (C=O) groups is 1. The van der Waals surface area contributed by atoms with Crippen LogP contribution < -0.4 is 4.74 Å². The number of hydrogen-bond acceptors (Lipinski definition) is 4. The number of rotatable bonds is 2. The first kappa shape index (κ1) is 11.6. The molecule has 0 spiro atoms.